The van der Waals surface area contributed by atoms with Crippen LogP contribution < -0.4 is 0 Å². The third kappa shape index (κ3) is 3.38. The third-order valence-electron chi connectivity index (χ3n) is 6.65. The number of rotatable bonds is 5. The van der Waals surface area contributed by atoms with E-state index >= 15 is 0 Å². The van der Waals surface area contributed by atoms with Crippen molar-refractivity contribution < 1.29 is 9.53 Å². The Bertz CT molecular complexity index is 1070. The molecule has 0 N–H and O–H groups in total. The summed E-state index contributed by atoms with van der Waals surface area (Å²) in [6.45, 7) is 5.03. The predicted octanol–water partition coefficient (Wildman–Crippen LogP) is 4.77. The number of benzene rings is 3. The Labute approximate surface area is 178 Å². The van der Waals surface area contributed by atoms with Gasteiger partial charge in [-0.1, -0.05) is 66.7 Å². The highest BCUT2D eigenvalue weighted by atomic mass is 16.5. The number of hydrogen-bond donors (Lipinski definition) is 0. The lowest BCUT2D eigenvalue weighted by molar-refractivity contribution is -0.00948. The molecule has 1 unspecified atom stereocenters. The molecule has 152 valence electrons. The van der Waals surface area contributed by atoms with Crippen LogP contribution in [-0.2, 0) is 17.6 Å². The fraction of sp³-hybridized carbons (Fsp3) is 0.296. The molecule has 1 heterocycles. The SMILES string of the molecule is CC(Cc1ccccc1)(C(=O)c1ccc2c(c1)Cc1ccccc1-2)N1CCOCC1. The number of nitrogens with zero attached hydrogens (tertiary/aromatic N) is 1. The molecule has 3 aromatic carbocycles. The fourth-order valence-electron chi connectivity index (χ4n) is 4.98. The second kappa shape index (κ2) is 7.82. The lowest BCUT2D eigenvalue weighted by Gasteiger charge is -2.42. The average Bonchev–Trinajstić information content (AvgIpc) is 3.17. The fourth-order valence-corrected chi connectivity index (χ4v) is 4.98. The minimum absolute atomic E-state index is 0.201. The number of morpholine rings is 1. The van der Waals surface area contributed by atoms with Crippen LogP contribution in [0, 0.1) is 0 Å². The summed E-state index contributed by atoms with van der Waals surface area (Å²) in [6.07, 6.45) is 1.60. The quantitative estimate of drug-likeness (QED) is 0.454. The Hall–Kier alpha value is -2.75. The van der Waals surface area contributed by atoms with E-state index in [-0.39, 0.29) is 5.78 Å². The molecule has 1 aliphatic heterocycles. The highest BCUT2D eigenvalue weighted by Crippen LogP contribution is 2.37. The molecule has 0 saturated carbocycles. The molecule has 0 bridgehead atoms. The first-order valence-corrected chi connectivity index (χ1v) is 10.8. The van der Waals surface area contributed by atoms with Gasteiger partial charge in [-0.15, -0.1) is 0 Å². The Morgan fingerprint density at radius 1 is 0.900 bits per heavy atom. The lowest BCUT2D eigenvalue weighted by Crippen LogP contribution is -2.57. The number of ketones is 1. The minimum Gasteiger partial charge on any atom is -0.379 e. The van der Waals surface area contributed by atoms with Crippen LogP contribution in [0.3, 0.4) is 0 Å². The van der Waals surface area contributed by atoms with Crippen molar-refractivity contribution in [2.45, 2.75) is 25.3 Å². The van der Waals surface area contributed by atoms with Gasteiger partial charge in [0.15, 0.2) is 5.78 Å². The van der Waals surface area contributed by atoms with Crippen molar-refractivity contribution in [2.75, 3.05) is 26.3 Å². The summed E-state index contributed by atoms with van der Waals surface area (Å²) < 4.78 is 5.57. The highest BCUT2D eigenvalue weighted by Gasteiger charge is 2.40. The summed E-state index contributed by atoms with van der Waals surface area (Å²) in [5, 5.41) is 0. The smallest absolute Gasteiger partial charge is 0.183 e. The number of hydrogen-bond acceptors (Lipinski definition) is 3. The van der Waals surface area contributed by atoms with Crippen molar-refractivity contribution >= 4 is 5.78 Å². The normalized spacial score (nSPS) is 17.8. The molecule has 3 heteroatoms. The summed E-state index contributed by atoms with van der Waals surface area (Å²) in [6, 6.07) is 25.2. The van der Waals surface area contributed by atoms with E-state index in [1.54, 1.807) is 0 Å². The van der Waals surface area contributed by atoms with Gasteiger partial charge in [-0.2, -0.15) is 0 Å². The van der Waals surface area contributed by atoms with Gasteiger partial charge in [0.05, 0.1) is 18.8 Å². The Morgan fingerprint density at radius 2 is 1.60 bits per heavy atom. The second-order valence-electron chi connectivity index (χ2n) is 8.57. The van der Waals surface area contributed by atoms with Crippen LogP contribution in [0.5, 0.6) is 0 Å². The standard InChI is InChI=1S/C27H27NO2/c1-27(28-13-15-30-16-14-28,19-20-7-3-2-4-8-20)26(29)22-11-12-25-23(18-22)17-21-9-5-6-10-24(21)25/h2-12,18H,13-17,19H2,1H3. The molecule has 0 amide bonds. The van der Waals surface area contributed by atoms with E-state index in [1.165, 1.54) is 27.8 Å². The maximum absolute atomic E-state index is 14.0. The lowest BCUT2D eigenvalue weighted by atomic mass is 9.82. The molecule has 1 aliphatic carbocycles. The summed E-state index contributed by atoms with van der Waals surface area (Å²) in [4.78, 5) is 16.3. The maximum atomic E-state index is 14.0. The Morgan fingerprint density at radius 3 is 2.40 bits per heavy atom. The van der Waals surface area contributed by atoms with Crippen molar-refractivity contribution in [3.05, 3.63) is 95.1 Å². The van der Waals surface area contributed by atoms with Crippen LogP contribution in [0.4, 0.5) is 0 Å². The minimum atomic E-state index is -0.592. The molecule has 3 nitrogen and oxygen atoms in total. The van der Waals surface area contributed by atoms with Crippen molar-refractivity contribution in [2.24, 2.45) is 0 Å². The van der Waals surface area contributed by atoms with Crippen molar-refractivity contribution in [3.8, 4) is 11.1 Å². The van der Waals surface area contributed by atoms with Gasteiger partial charge >= 0.3 is 0 Å². The van der Waals surface area contributed by atoms with Gasteiger partial charge < -0.3 is 4.74 Å². The maximum Gasteiger partial charge on any atom is 0.183 e. The third-order valence-corrected chi connectivity index (χ3v) is 6.65. The second-order valence-corrected chi connectivity index (χ2v) is 8.57. The van der Waals surface area contributed by atoms with Crippen molar-refractivity contribution in [3.63, 3.8) is 0 Å². The zero-order valence-corrected chi connectivity index (χ0v) is 17.4. The number of fused-ring (bicyclic) bond motifs is 3. The largest absolute Gasteiger partial charge is 0.379 e. The van der Waals surface area contributed by atoms with E-state index in [1.807, 2.05) is 24.3 Å². The van der Waals surface area contributed by atoms with Crippen LogP contribution in [0.15, 0.2) is 72.8 Å². The molecule has 2 aliphatic rings. The predicted molar refractivity (Wildman–Crippen MR) is 120 cm³/mol. The highest BCUT2D eigenvalue weighted by molar-refractivity contribution is 6.04. The van der Waals surface area contributed by atoms with E-state index in [4.69, 9.17) is 4.74 Å². The van der Waals surface area contributed by atoms with Gasteiger partial charge in [0.1, 0.15) is 0 Å². The molecule has 5 rings (SSSR count). The summed E-state index contributed by atoms with van der Waals surface area (Å²) >= 11 is 0. The van der Waals surface area contributed by atoms with Crippen molar-refractivity contribution in [1.82, 2.24) is 4.90 Å². The molecule has 1 atom stereocenters. The van der Waals surface area contributed by atoms with E-state index in [2.05, 4.69) is 60.4 Å². The van der Waals surface area contributed by atoms with Gasteiger partial charge in [-0.25, -0.2) is 0 Å². The monoisotopic (exact) mass is 397 g/mol. The Kier molecular flexibility index (Phi) is 5.01. The Balaban J connectivity index is 1.50. The molecule has 30 heavy (non-hydrogen) atoms. The van der Waals surface area contributed by atoms with Gasteiger partial charge in [0, 0.05) is 18.7 Å². The zero-order chi connectivity index (χ0) is 20.6. The first-order valence-electron chi connectivity index (χ1n) is 10.8. The van der Waals surface area contributed by atoms with Gasteiger partial charge in [-0.3, -0.25) is 9.69 Å². The molecule has 0 radical (unpaired) electrons. The number of Topliss-reactive ketones (excluding diaryl/α,β-unsaturated/α-hetero) is 1. The van der Waals surface area contributed by atoms with Crippen LogP contribution >= 0.6 is 0 Å². The van der Waals surface area contributed by atoms with Crippen molar-refractivity contribution in [1.29, 1.82) is 0 Å². The zero-order valence-electron chi connectivity index (χ0n) is 17.4. The van der Waals surface area contributed by atoms with E-state index in [0.717, 1.165) is 25.1 Å². The molecule has 1 saturated heterocycles. The average molecular weight is 398 g/mol. The van der Waals surface area contributed by atoms with E-state index in [0.29, 0.717) is 19.6 Å². The topological polar surface area (TPSA) is 29.5 Å². The van der Waals surface area contributed by atoms with Crippen LogP contribution in [0.2, 0.25) is 0 Å². The first kappa shape index (κ1) is 19.2. The molecule has 3 aromatic rings. The summed E-state index contributed by atoms with van der Waals surface area (Å²) in [5.41, 5.74) is 6.57. The van der Waals surface area contributed by atoms with Gasteiger partial charge in [0.25, 0.3) is 0 Å². The number of carbonyl (C=O) groups is 1. The molecule has 0 spiro atoms. The first-order chi connectivity index (χ1) is 14.6. The molecule has 1 fully saturated rings. The number of ether oxygens (including phenoxy) is 1. The molecular weight excluding hydrogens is 370 g/mol. The van der Waals surface area contributed by atoms with Gasteiger partial charge in [-0.05, 0) is 53.6 Å². The van der Waals surface area contributed by atoms with E-state index in [9.17, 15) is 4.79 Å². The summed E-state index contributed by atoms with van der Waals surface area (Å²) in [7, 11) is 0. The van der Waals surface area contributed by atoms with E-state index < -0.39 is 5.54 Å². The van der Waals surface area contributed by atoms with Crippen LogP contribution in [-0.4, -0.2) is 42.5 Å². The van der Waals surface area contributed by atoms with Gasteiger partial charge in [0.2, 0.25) is 0 Å². The molecular formula is C27H27NO2. The van der Waals surface area contributed by atoms with Crippen LogP contribution in [0.25, 0.3) is 11.1 Å². The van der Waals surface area contributed by atoms with Crippen LogP contribution in [0.1, 0.15) is 34.0 Å². The molecule has 0 aromatic heterocycles. The number of carbonyl (C=O) groups excluding carboxylic acids is 1. The summed E-state index contributed by atoms with van der Waals surface area (Å²) in [5.74, 6) is 0.201.